The predicted molar refractivity (Wildman–Crippen MR) is 110 cm³/mol. The highest BCUT2D eigenvalue weighted by Gasteiger charge is 2.50. The Morgan fingerprint density at radius 1 is 1.21 bits per heavy atom. The van der Waals surface area contributed by atoms with Crippen LogP contribution in [0, 0.1) is 5.41 Å². The Hall–Kier alpha value is -2.67. The Labute approximate surface area is 169 Å². The molecule has 2 aromatic rings. The Balaban J connectivity index is 1.52. The molecule has 0 N–H and O–H groups in total. The fourth-order valence-electron chi connectivity index (χ4n) is 4.64. The zero-order valence-electron chi connectivity index (χ0n) is 17.2. The Morgan fingerprint density at radius 2 is 1.90 bits per heavy atom. The number of aryl methyl sites for hydroxylation is 1. The molecular formula is C22H27N3O4. The molecule has 0 aliphatic carbocycles. The van der Waals surface area contributed by atoms with Crippen LogP contribution in [0.4, 0.5) is 0 Å². The van der Waals surface area contributed by atoms with Crippen molar-refractivity contribution in [1.82, 2.24) is 14.4 Å². The number of likely N-dealkylation sites (N-methyl/N-ethyl adjacent to an activating group) is 1. The number of amides is 1. The fourth-order valence-corrected chi connectivity index (χ4v) is 4.64. The minimum atomic E-state index is -0.494. The van der Waals surface area contributed by atoms with Crippen LogP contribution in [0.1, 0.15) is 29.6 Å². The zero-order valence-corrected chi connectivity index (χ0v) is 17.2. The number of benzene rings is 1. The molecular weight excluding hydrogens is 370 g/mol. The highest BCUT2D eigenvalue weighted by molar-refractivity contribution is 5.97. The first-order valence-electron chi connectivity index (χ1n) is 10.0. The molecule has 4 rings (SSSR count). The van der Waals surface area contributed by atoms with Gasteiger partial charge in [-0.15, -0.1) is 0 Å². The van der Waals surface area contributed by atoms with Gasteiger partial charge in [0.1, 0.15) is 11.7 Å². The van der Waals surface area contributed by atoms with Crippen molar-refractivity contribution in [3.63, 3.8) is 0 Å². The number of nitrogens with zero attached hydrogens (tertiary/aromatic N) is 3. The van der Waals surface area contributed by atoms with Crippen LogP contribution in [0.25, 0.3) is 10.9 Å². The summed E-state index contributed by atoms with van der Waals surface area (Å²) < 4.78 is 7.11. The number of piperidine rings is 1. The third-order valence-corrected chi connectivity index (χ3v) is 6.27. The number of carbonyl (C=O) groups is 2. The van der Waals surface area contributed by atoms with Gasteiger partial charge in [0, 0.05) is 33.1 Å². The van der Waals surface area contributed by atoms with E-state index in [1.807, 2.05) is 43.3 Å². The second-order valence-corrected chi connectivity index (χ2v) is 8.55. The van der Waals surface area contributed by atoms with Crippen LogP contribution < -0.4 is 5.56 Å². The van der Waals surface area contributed by atoms with E-state index in [0.29, 0.717) is 38.9 Å². The van der Waals surface area contributed by atoms with Gasteiger partial charge in [-0.1, -0.05) is 18.2 Å². The van der Waals surface area contributed by atoms with Gasteiger partial charge in [0.25, 0.3) is 11.5 Å². The Bertz CT molecular complexity index is 1020. The molecule has 1 spiro atoms. The first-order valence-corrected chi connectivity index (χ1v) is 10.0. The van der Waals surface area contributed by atoms with E-state index in [-0.39, 0.29) is 29.1 Å². The summed E-state index contributed by atoms with van der Waals surface area (Å²) in [7, 11) is 5.61. The van der Waals surface area contributed by atoms with Crippen molar-refractivity contribution in [1.29, 1.82) is 0 Å². The molecule has 1 aromatic heterocycles. The fraction of sp³-hybridized carbons (Fsp3) is 0.500. The van der Waals surface area contributed by atoms with Crippen LogP contribution in [-0.2, 0) is 16.6 Å². The first-order chi connectivity index (χ1) is 13.8. The van der Waals surface area contributed by atoms with Crippen LogP contribution in [0.15, 0.2) is 35.1 Å². The molecule has 1 unspecified atom stereocenters. The second kappa shape index (κ2) is 7.30. The van der Waals surface area contributed by atoms with Gasteiger partial charge in [0.2, 0.25) is 0 Å². The summed E-state index contributed by atoms with van der Waals surface area (Å²) in [6.07, 6.45) is 1.77. The SMILES string of the molecule is CN(C)CC1CC2(CCN(C(=O)c3cc4ccccc4n(C)c3=O)CC2)C(=O)O1. The topological polar surface area (TPSA) is 71.8 Å². The van der Waals surface area contributed by atoms with Gasteiger partial charge in [-0.05, 0) is 44.5 Å². The van der Waals surface area contributed by atoms with E-state index in [1.54, 1.807) is 18.0 Å². The summed E-state index contributed by atoms with van der Waals surface area (Å²) in [5.74, 6) is -0.402. The number of fused-ring (bicyclic) bond motifs is 1. The van der Waals surface area contributed by atoms with Gasteiger partial charge in [-0.2, -0.15) is 0 Å². The van der Waals surface area contributed by atoms with Crippen molar-refractivity contribution in [3.05, 3.63) is 46.2 Å². The number of para-hydroxylation sites is 1. The molecule has 154 valence electrons. The molecule has 0 bridgehead atoms. The van der Waals surface area contributed by atoms with Crippen LogP contribution in [-0.4, -0.2) is 66.1 Å². The number of ether oxygens (including phenoxy) is 1. The number of rotatable bonds is 3. The van der Waals surface area contributed by atoms with Gasteiger partial charge < -0.3 is 19.1 Å². The maximum atomic E-state index is 13.1. The van der Waals surface area contributed by atoms with Crippen LogP contribution in [0.2, 0.25) is 0 Å². The van der Waals surface area contributed by atoms with Crippen molar-refractivity contribution in [2.75, 3.05) is 33.7 Å². The quantitative estimate of drug-likeness (QED) is 0.737. The van der Waals surface area contributed by atoms with Crippen molar-refractivity contribution in [2.45, 2.75) is 25.4 Å². The van der Waals surface area contributed by atoms with E-state index in [9.17, 15) is 14.4 Å². The molecule has 1 amide bonds. The number of esters is 1. The highest BCUT2D eigenvalue weighted by atomic mass is 16.6. The highest BCUT2D eigenvalue weighted by Crippen LogP contribution is 2.43. The molecule has 2 aliphatic rings. The lowest BCUT2D eigenvalue weighted by Crippen LogP contribution is -2.46. The Kier molecular flexibility index (Phi) is 4.94. The summed E-state index contributed by atoms with van der Waals surface area (Å²) in [6, 6.07) is 9.21. The third-order valence-electron chi connectivity index (χ3n) is 6.27. The van der Waals surface area contributed by atoms with E-state index in [0.717, 1.165) is 10.9 Å². The number of pyridine rings is 1. The molecule has 0 radical (unpaired) electrons. The molecule has 2 aliphatic heterocycles. The average molecular weight is 397 g/mol. The first kappa shape index (κ1) is 19.6. The molecule has 2 fully saturated rings. The number of carbonyl (C=O) groups excluding carboxylic acids is 2. The molecule has 29 heavy (non-hydrogen) atoms. The van der Waals surface area contributed by atoms with Crippen LogP contribution in [0.5, 0.6) is 0 Å². The van der Waals surface area contributed by atoms with E-state index >= 15 is 0 Å². The number of likely N-dealkylation sites (tertiary alicyclic amines) is 1. The molecule has 7 nitrogen and oxygen atoms in total. The van der Waals surface area contributed by atoms with E-state index in [4.69, 9.17) is 4.74 Å². The minimum absolute atomic E-state index is 0.0902. The standard InChI is InChI=1S/C22H27N3O4/c1-23(2)14-16-13-22(21(28)29-16)8-10-25(11-9-22)20(27)17-12-15-6-4-5-7-18(15)24(3)19(17)26/h4-7,12,16H,8-11,13-14H2,1-3H3. The zero-order chi connectivity index (χ0) is 20.8. The normalized spacial score (nSPS) is 21.2. The maximum absolute atomic E-state index is 13.1. The Morgan fingerprint density at radius 3 is 2.59 bits per heavy atom. The van der Waals surface area contributed by atoms with E-state index in [2.05, 4.69) is 0 Å². The summed E-state index contributed by atoms with van der Waals surface area (Å²) in [5.41, 5.74) is 0.195. The second-order valence-electron chi connectivity index (χ2n) is 8.55. The summed E-state index contributed by atoms with van der Waals surface area (Å²) in [5, 5.41) is 0.859. The van der Waals surface area contributed by atoms with Crippen LogP contribution >= 0.6 is 0 Å². The van der Waals surface area contributed by atoms with Gasteiger partial charge in [-0.3, -0.25) is 14.4 Å². The predicted octanol–water partition coefficient (Wildman–Crippen LogP) is 1.64. The van der Waals surface area contributed by atoms with Gasteiger partial charge in [0.15, 0.2) is 0 Å². The summed E-state index contributed by atoms with van der Waals surface area (Å²) in [6.45, 7) is 1.63. The average Bonchev–Trinajstić information content (AvgIpc) is 2.98. The largest absolute Gasteiger partial charge is 0.461 e. The van der Waals surface area contributed by atoms with Crippen molar-refractivity contribution in [3.8, 4) is 0 Å². The van der Waals surface area contributed by atoms with Crippen molar-refractivity contribution >= 4 is 22.8 Å². The smallest absolute Gasteiger partial charge is 0.312 e. The maximum Gasteiger partial charge on any atom is 0.312 e. The third kappa shape index (κ3) is 3.44. The summed E-state index contributed by atoms with van der Waals surface area (Å²) >= 11 is 0. The molecule has 3 heterocycles. The van der Waals surface area contributed by atoms with E-state index in [1.165, 1.54) is 4.57 Å². The molecule has 1 aromatic carbocycles. The molecule has 2 saturated heterocycles. The van der Waals surface area contributed by atoms with Crippen molar-refractivity contribution < 1.29 is 14.3 Å². The lowest BCUT2D eigenvalue weighted by Gasteiger charge is -2.36. The number of cyclic esters (lactones) is 1. The van der Waals surface area contributed by atoms with Crippen LogP contribution in [0.3, 0.4) is 0 Å². The molecule has 1 atom stereocenters. The number of aromatic nitrogens is 1. The lowest BCUT2D eigenvalue weighted by atomic mass is 9.76. The number of hydrogen-bond acceptors (Lipinski definition) is 5. The molecule has 0 saturated carbocycles. The minimum Gasteiger partial charge on any atom is -0.461 e. The van der Waals surface area contributed by atoms with Crippen molar-refractivity contribution in [2.24, 2.45) is 12.5 Å². The lowest BCUT2D eigenvalue weighted by molar-refractivity contribution is -0.150. The van der Waals surface area contributed by atoms with E-state index < -0.39 is 5.41 Å². The van der Waals surface area contributed by atoms with Gasteiger partial charge >= 0.3 is 5.97 Å². The number of hydrogen-bond donors (Lipinski definition) is 0. The summed E-state index contributed by atoms with van der Waals surface area (Å²) in [4.78, 5) is 42.1. The van der Waals surface area contributed by atoms with Gasteiger partial charge in [0.05, 0.1) is 10.9 Å². The van der Waals surface area contributed by atoms with Gasteiger partial charge in [-0.25, -0.2) is 0 Å². The molecule has 7 heteroatoms. The monoisotopic (exact) mass is 397 g/mol.